The SMILES string of the molecule is C[C@@H](NC(=O)C(C)(O)c1ccc(-c2ccsc2)cc1)c1ccc(Cl)cn1.C[C@@H](NC(=O)Cc1ccc(C(C)(C)C)cc1)c1ccc(F)cn1. The van der Waals surface area contributed by atoms with Crippen molar-refractivity contribution in [3.05, 3.63) is 141 Å². The minimum absolute atomic E-state index is 0.0767. The van der Waals surface area contributed by atoms with E-state index in [9.17, 15) is 19.1 Å². The molecular formula is C39H42ClFN4O3S. The molecule has 0 saturated heterocycles. The van der Waals surface area contributed by atoms with Gasteiger partial charge in [0.05, 0.1) is 41.1 Å². The van der Waals surface area contributed by atoms with E-state index in [0.29, 0.717) is 28.4 Å². The lowest BCUT2D eigenvalue weighted by Crippen LogP contribution is -2.43. The number of aliphatic hydroxyl groups is 1. The van der Waals surface area contributed by atoms with Crippen LogP contribution in [0.1, 0.15) is 81.7 Å². The first kappa shape index (κ1) is 37.4. The van der Waals surface area contributed by atoms with Crippen molar-refractivity contribution in [2.24, 2.45) is 0 Å². The van der Waals surface area contributed by atoms with Crippen LogP contribution >= 0.6 is 22.9 Å². The van der Waals surface area contributed by atoms with Crippen molar-refractivity contribution in [2.45, 2.75) is 71.1 Å². The van der Waals surface area contributed by atoms with Gasteiger partial charge in [-0.15, -0.1) is 0 Å². The summed E-state index contributed by atoms with van der Waals surface area (Å²) in [6, 6.07) is 23.3. The van der Waals surface area contributed by atoms with Crippen molar-refractivity contribution in [1.82, 2.24) is 20.6 Å². The van der Waals surface area contributed by atoms with Crippen LogP contribution in [0.25, 0.3) is 11.1 Å². The zero-order valence-electron chi connectivity index (χ0n) is 28.5. The maximum absolute atomic E-state index is 12.9. The van der Waals surface area contributed by atoms with Crippen molar-refractivity contribution in [1.29, 1.82) is 0 Å². The number of rotatable bonds is 9. The molecule has 0 fully saturated rings. The zero-order valence-corrected chi connectivity index (χ0v) is 30.1. The number of pyridine rings is 2. The maximum atomic E-state index is 12.9. The number of thiophene rings is 1. The number of aromatic nitrogens is 2. The number of hydrogen-bond donors (Lipinski definition) is 3. The van der Waals surface area contributed by atoms with Crippen molar-refractivity contribution in [2.75, 3.05) is 0 Å². The number of nitrogens with one attached hydrogen (secondary N) is 2. The van der Waals surface area contributed by atoms with Crippen LogP contribution in [0.2, 0.25) is 5.02 Å². The molecule has 5 aromatic rings. The van der Waals surface area contributed by atoms with Crippen molar-refractivity contribution in [3.8, 4) is 11.1 Å². The fourth-order valence-electron chi connectivity index (χ4n) is 4.92. The molecule has 0 aliphatic heterocycles. The van der Waals surface area contributed by atoms with Crippen LogP contribution in [0.15, 0.2) is 102 Å². The summed E-state index contributed by atoms with van der Waals surface area (Å²) in [4.78, 5) is 32.9. The van der Waals surface area contributed by atoms with Gasteiger partial charge in [-0.2, -0.15) is 11.3 Å². The van der Waals surface area contributed by atoms with Gasteiger partial charge in [-0.1, -0.05) is 80.9 Å². The Morgan fingerprint density at radius 3 is 1.92 bits per heavy atom. The smallest absolute Gasteiger partial charge is 0.256 e. The number of benzene rings is 2. The van der Waals surface area contributed by atoms with Gasteiger partial charge in [0.1, 0.15) is 5.82 Å². The lowest BCUT2D eigenvalue weighted by atomic mass is 9.86. The third-order valence-corrected chi connectivity index (χ3v) is 8.95. The van der Waals surface area contributed by atoms with Crippen molar-refractivity contribution in [3.63, 3.8) is 0 Å². The average Bonchev–Trinajstić information content (AvgIpc) is 3.61. The second kappa shape index (κ2) is 16.3. The van der Waals surface area contributed by atoms with Crippen LogP contribution in [0.4, 0.5) is 4.39 Å². The highest BCUT2D eigenvalue weighted by Crippen LogP contribution is 2.28. The predicted molar refractivity (Wildman–Crippen MR) is 195 cm³/mol. The Morgan fingerprint density at radius 1 is 0.796 bits per heavy atom. The molecule has 7 nitrogen and oxygen atoms in total. The Balaban J connectivity index is 0.000000223. The number of carbonyl (C=O) groups is 2. The summed E-state index contributed by atoms with van der Waals surface area (Å²) in [5.74, 6) is -0.941. The van der Waals surface area contributed by atoms with Gasteiger partial charge < -0.3 is 15.7 Å². The Kier molecular flexibility index (Phi) is 12.4. The lowest BCUT2D eigenvalue weighted by molar-refractivity contribution is -0.139. The second-order valence-corrected chi connectivity index (χ2v) is 14.3. The normalized spacial score (nSPS) is 13.7. The first-order valence-electron chi connectivity index (χ1n) is 15.9. The molecule has 0 radical (unpaired) electrons. The van der Waals surface area contributed by atoms with Crippen LogP contribution in [0, 0.1) is 5.82 Å². The standard InChI is InChI=1S/C20H19ClN2O2S.C19H23FN2O/c1-13(18-8-7-17(21)11-22-18)23-19(24)20(2,25)16-5-3-14(4-6-16)15-9-10-26-12-15;1-13(17-10-9-16(20)12-21-17)22-18(23)11-14-5-7-15(8-6-14)19(2,3)4/h3-13,25H,1-2H3,(H,23,24);5-10,12-13H,11H2,1-4H3,(H,22,23)/t13-,20?;13-/m11/s1. The van der Waals surface area contributed by atoms with E-state index >= 15 is 0 Å². The summed E-state index contributed by atoms with van der Waals surface area (Å²) in [5, 5.41) is 21.1. The molecule has 2 aromatic carbocycles. The fraction of sp³-hybridized carbons (Fsp3) is 0.282. The van der Waals surface area contributed by atoms with Crippen LogP contribution in [0.3, 0.4) is 0 Å². The highest BCUT2D eigenvalue weighted by Gasteiger charge is 2.33. The van der Waals surface area contributed by atoms with Crippen molar-refractivity contribution >= 4 is 34.8 Å². The summed E-state index contributed by atoms with van der Waals surface area (Å²) in [5.41, 5.74) is 4.68. The molecule has 0 aliphatic carbocycles. The number of hydrogen-bond acceptors (Lipinski definition) is 6. The molecule has 49 heavy (non-hydrogen) atoms. The third-order valence-electron chi connectivity index (χ3n) is 8.04. The van der Waals surface area contributed by atoms with Gasteiger partial charge in [-0.05, 0) is 95.1 Å². The third kappa shape index (κ3) is 10.5. The van der Waals surface area contributed by atoms with Gasteiger partial charge in [-0.3, -0.25) is 19.6 Å². The molecule has 5 rings (SSSR count). The van der Waals surface area contributed by atoms with Crippen LogP contribution in [0.5, 0.6) is 0 Å². The van der Waals surface area contributed by atoms with Gasteiger partial charge in [-0.25, -0.2) is 4.39 Å². The van der Waals surface area contributed by atoms with Crippen LogP contribution < -0.4 is 10.6 Å². The number of halogens is 2. The molecule has 2 amide bonds. The molecule has 0 bridgehead atoms. The molecular weight excluding hydrogens is 659 g/mol. The molecule has 3 heterocycles. The van der Waals surface area contributed by atoms with E-state index in [0.717, 1.165) is 22.9 Å². The molecule has 1 unspecified atom stereocenters. The molecule has 0 saturated carbocycles. The summed E-state index contributed by atoms with van der Waals surface area (Å²) < 4.78 is 12.9. The largest absolute Gasteiger partial charge is 0.376 e. The Bertz CT molecular complexity index is 1810. The van der Waals surface area contributed by atoms with Gasteiger partial charge in [0.15, 0.2) is 5.60 Å². The van der Waals surface area contributed by atoms with Gasteiger partial charge in [0, 0.05) is 6.20 Å². The molecule has 10 heteroatoms. The molecule has 3 atom stereocenters. The summed E-state index contributed by atoms with van der Waals surface area (Å²) in [6.07, 6.45) is 3.00. The number of carbonyl (C=O) groups excluding carboxylic acids is 2. The average molecular weight is 701 g/mol. The van der Waals surface area contributed by atoms with Crippen LogP contribution in [-0.4, -0.2) is 26.9 Å². The van der Waals surface area contributed by atoms with E-state index in [1.54, 1.807) is 41.7 Å². The topological polar surface area (TPSA) is 104 Å². The monoisotopic (exact) mass is 700 g/mol. The van der Waals surface area contributed by atoms with Crippen LogP contribution in [-0.2, 0) is 27.0 Å². The zero-order chi connectivity index (χ0) is 35.8. The lowest BCUT2D eigenvalue weighted by Gasteiger charge is -2.25. The molecule has 3 N–H and O–H groups in total. The molecule has 0 aliphatic rings. The number of amides is 2. The summed E-state index contributed by atoms with van der Waals surface area (Å²) in [6.45, 7) is 11.6. The summed E-state index contributed by atoms with van der Waals surface area (Å²) in [7, 11) is 0. The molecule has 3 aromatic heterocycles. The Labute approximate surface area is 296 Å². The van der Waals surface area contributed by atoms with E-state index in [2.05, 4.69) is 58.9 Å². The van der Waals surface area contributed by atoms with Gasteiger partial charge in [0.25, 0.3) is 5.91 Å². The summed E-state index contributed by atoms with van der Waals surface area (Å²) >= 11 is 7.46. The van der Waals surface area contributed by atoms with Gasteiger partial charge in [0.2, 0.25) is 5.91 Å². The Morgan fingerprint density at radius 2 is 1.39 bits per heavy atom. The quantitative estimate of drug-likeness (QED) is 0.143. The maximum Gasteiger partial charge on any atom is 0.256 e. The highest BCUT2D eigenvalue weighted by atomic mass is 35.5. The predicted octanol–water partition coefficient (Wildman–Crippen LogP) is 8.49. The van der Waals surface area contributed by atoms with E-state index in [4.69, 9.17) is 11.6 Å². The second-order valence-electron chi connectivity index (χ2n) is 13.1. The number of nitrogens with zero attached hydrogens (tertiary/aromatic N) is 2. The van der Waals surface area contributed by atoms with Gasteiger partial charge >= 0.3 is 0 Å². The van der Waals surface area contributed by atoms with E-state index in [1.165, 1.54) is 24.8 Å². The highest BCUT2D eigenvalue weighted by molar-refractivity contribution is 7.08. The minimum atomic E-state index is -1.64. The molecule has 0 spiro atoms. The fourth-order valence-corrected chi connectivity index (χ4v) is 5.70. The van der Waals surface area contributed by atoms with E-state index in [-0.39, 0.29) is 29.2 Å². The first-order valence-corrected chi connectivity index (χ1v) is 17.2. The van der Waals surface area contributed by atoms with Crippen molar-refractivity contribution < 1.29 is 19.1 Å². The minimum Gasteiger partial charge on any atom is -0.376 e. The van der Waals surface area contributed by atoms with E-state index < -0.39 is 11.5 Å². The Hall–Kier alpha value is -4.44. The first-order chi connectivity index (χ1) is 23.1. The van der Waals surface area contributed by atoms with E-state index in [1.807, 2.05) is 49.6 Å². The molecule has 256 valence electrons.